The minimum atomic E-state index is -0.372. The SMILES string of the molecule is CC1(C)CC(=O)C2=C(C1)OC(N)=C(C(N)=S)[C@H]2c1ccc(Br)cc1. The van der Waals surface area contributed by atoms with Gasteiger partial charge in [-0.25, -0.2) is 0 Å². The van der Waals surface area contributed by atoms with Gasteiger partial charge in [0.15, 0.2) is 11.7 Å². The van der Waals surface area contributed by atoms with Crippen LogP contribution in [0.4, 0.5) is 0 Å². The number of ketones is 1. The fourth-order valence-corrected chi connectivity index (χ4v) is 3.90. The predicted octanol–water partition coefficient (Wildman–Crippen LogP) is 3.66. The quantitative estimate of drug-likeness (QED) is 0.732. The van der Waals surface area contributed by atoms with Crippen molar-refractivity contribution in [3.8, 4) is 0 Å². The highest BCUT2D eigenvalue weighted by molar-refractivity contribution is 9.10. The third kappa shape index (κ3) is 3.00. The minimum Gasteiger partial charge on any atom is -0.445 e. The molecule has 126 valence electrons. The largest absolute Gasteiger partial charge is 0.445 e. The van der Waals surface area contributed by atoms with Crippen molar-refractivity contribution in [3.05, 3.63) is 57.1 Å². The molecule has 2 aliphatic rings. The topological polar surface area (TPSA) is 78.3 Å². The van der Waals surface area contributed by atoms with Gasteiger partial charge in [-0.05, 0) is 23.1 Å². The van der Waals surface area contributed by atoms with Crippen molar-refractivity contribution in [3.63, 3.8) is 0 Å². The van der Waals surface area contributed by atoms with Crippen LogP contribution in [0.2, 0.25) is 0 Å². The zero-order valence-electron chi connectivity index (χ0n) is 13.6. The summed E-state index contributed by atoms with van der Waals surface area (Å²) in [4.78, 5) is 13.0. The Kier molecular flexibility index (Phi) is 4.30. The third-order valence-electron chi connectivity index (χ3n) is 4.42. The lowest BCUT2D eigenvalue weighted by Gasteiger charge is -2.38. The summed E-state index contributed by atoms with van der Waals surface area (Å²) in [6.45, 7) is 4.10. The Labute approximate surface area is 155 Å². The molecule has 0 bridgehead atoms. The molecule has 4 nitrogen and oxygen atoms in total. The number of allylic oxidation sites excluding steroid dienone is 2. The highest BCUT2D eigenvalue weighted by atomic mass is 79.9. The van der Waals surface area contributed by atoms with Gasteiger partial charge in [0.2, 0.25) is 0 Å². The average molecular weight is 407 g/mol. The Bertz CT molecular complexity index is 794. The molecule has 1 heterocycles. The minimum absolute atomic E-state index is 0.0652. The van der Waals surface area contributed by atoms with Crippen LogP contribution in [0.15, 0.2) is 51.5 Å². The molecule has 1 aliphatic heterocycles. The van der Waals surface area contributed by atoms with Gasteiger partial charge in [-0.3, -0.25) is 4.79 Å². The molecule has 1 aromatic rings. The summed E-state index contributed by atoms with van der Waals surface area (Å²) >= 11 is 8.62. The molecule has 0 spiro atoms. The Balaban J connectivity index is 2.19. The van der Waals surface area contributed by atoms with Crippen molar-refractivity contribution < 1.29 is 9.53 Å². The van der Waals surface area contributed by atoms with Gasteiger partial charge in [0.25, 0.3) is 0 Å². The molecule has 0 amide bonds. The Morgan fingerprint density at radius 1 is 1.29 bits per heavy atom. The normalized spacial score (nSPS) is 23.0. The molecular formula is C18H19BrN2O2S. The second-order valence-corrected chi connectivity index (χ2v) is 8.36. The van der Waals surface area contributed by atoms with Gasteiger partial charge in [-0.15, -0.1) is 0 Å². The summed E-state index contributed by atoms with van der Waals surface area (Å²) < 4.78 is 6.74. The van der Waals surface area contributed by atoms with Gasteiger partial charge in [0.05, 0.1) is 5.57 Å². The summed E-state index contributed by atoms with van der Waals surface area (Å²) in [7, 11) is 0. The second kappa shape index (κ2) is 6.01. The fraction of sp³-hybridized carbons (Fsp3) is 0.333. The van der Waals surface area contributed by atoms with E-state index in [9.17, 15) is 4.79 Å². The number of benzene rings is 1. The molecule has 6 heteroatoms. The zero-order chi connectivity index (χ0) is 17.6. The lowest BCUT2D eigenvalue weighted by Crippen LogP contribution is -2.36. The Morgan fingerprint density at radius 3 is 2.50 bits per heavy atom. The monoisotopic (exact) mass is 406 g/mol. The Hall–Kier alpha value is -1.66. The van der Waals surface area contributed by atoms with Crippen molar-refractivity contribution in [2.75, 3.05) is 0 Å². The molecule has 1 atom stereocenters. The number of carbonyl (C=O) groups excluding carboxylic acids is 1. The van der Waals surface area contributed by atoms with E-state index in [0.717, 1.165) is 10.0 Å². The lowest BCUT2D eigenvalue weighted by molar-refractivity contribution is -0.119. The van der Waals surface area contributed by atoms with Gasteiger partial charge < -0.3 is 16.2 Å². The van der Waals surface area contributed by atoms with Crippen LogP contribution in [0, 0.1) is 5.41 Å². The van der Waals surface area contributed by atoms with Gasteiger partial charge >= 0.3 is 0 Å². The zero-order valence-corrected chi connectivity index (χ0v) is 16.0. The maximum absolute atomic E-state index is 12.9. The average Bonchev–Trinajstić information content (AvgIpc) is 2.44. The first kappa shape index (κ1) is 17.2. The maximum atomic E-state index is 12.9. The van der Waals surface area contributed by atoms with E-state index in [0.29, 0.717) is 29.7 Å². The summed E-state index contributed by atoms with van der Waals surface area (Å²) in [6, 6.07) is 7.75. The van der Waals surface area contributed by atoms with Crippen LogP contribution in [-0.4, -0.2) is 10.8 Å². The van der Waals surface area contributed by atoms with Crippen molar-refractivity contribution in [2.24, 2.45) is 16.9 Å². The molecule has 3 rings (SSSR count). The number of carbonyl (C=O) groups is 1. The summed E-state index contributed by atoms with van der Waals surface area (Å²) in [5, 5.41) is 0. The van der Waals surface area contributed by atoms with Crippen LogP contribution in [-0.2, 0) is 9.53 Å². The van der Waals surface area contributed by atoms with Crippen LogP contribution in [0.5, 0.6) is 0 Å². The molecule has 0 fully saturated rings. The number of hydrogen-bond acceptors (Lipinski definition) is 4. The van der Waals surface area contributed by atoms with Gasteiger partial charge in [-0.2, -0.15) is 0 Å². The molecule has 0 unspecified atom stereocenters. The van der Waals surface area contributed by atoms with E-state index in [4.69, 9.17) is 28.4 Å². The van der Waals surface area contributed by atoms with E-state index in [2.05, 4.69) is 29.8 Å². The number of ether oxygens (including phenoxy) is 1. The van der Waals surface area contributed by atoms with Crippen molar-refractivity contribution in [2.45, 2.75) is 32.6 Å². The van der Waals surface area contributed by atoms with Crippen LogP contribution >= 0.6 is 28.1 Å². The van der Waals surface area contributed by atoms with E-state index in [-0.39, 0.29) is 28.0 Å². The molecular weight excluding hydrogens is 388 g/mol. The van der Waals surface area contributed by atoms with Crippen LogP contribution < -0.4 is 11.5 Å². The fourth-order valence-electron chi connectivity index (χ4n) is 3.42. The van der Waals surface area contributed by atoms with E-state index in [1.807, 2.05) is 24.3 Å². The Morgan fingerprint density at radius 2 is 1.92 bits per heavy atom. The van der Waals surface area contributed by atoms with Crippen molar-refractivity contribution in [1.82, 2.24) is 0 Å². The van der Waals surface area contributed by atoms with Crippen LogP contribution in [0.3, 0.4) is 0 Å². The summed E-state index contributed by atoms with van der Waals surface area (Å²) in [6.07, 6.45) is 1.12. The number of rotatable bonds is 2. The molecule has 0 saturated heterocycles. The van der Waals surface area contributed by atoms with E-state index in [1.54, 1.807) is 0 Å². The van der Waals surface area contributed by atoms with Gasteiger partial charge in [-0.1, -0.05) is 54.1 Å². The standard InChI is InChI=1S/C18H19BrN2O2S/c1-18(2)7-11(22)14-12(8-18)23-16(20)15(17(21)24)13(14)9-3-5-10(19)6-4-9/h3-6,13H,7-8,20H2,1-2H3,(H2,21,24)/t13-/m0/s1. The maximum Gasteiger partial charge on any atom is 0.197 e. The molecule has 0 radical (unpaired) electrons. The number of halogens is 1. The van der Waals surface area contributed by atoms with Crippen molar-refractivity contribution >= 4 is 38.9 Å². The number of thiocarbonyl (C=S) groups is 1. The first-order chi connectivity index (χ1) is 11.2. The second-order valence-electron chi connectivity index (χ2n) is 7.01. The van der Waals surface area contributed by atoms with Gasteiger partial charge in [0, 0.05) is 28.8 Å². The molecule has 0 aromatic heterocycles. The number of Topliss-reactive ketones (excluding diaryl/α,β-unsaturated/α-hetero) is 1. The molecule has 1 aromatic carbocycles. The lowest BCUT2D eigenvalue weighted by atomic mass is 9.70. The van der Waals surface area contributed by atoms with E-state index >= 15 is 0 Å². The number of hydrogen-bond donors (Lipinski definition) is 2. The van der Waals surface area contributed by atoms with E-state index in [1.165, 1.54) is 0 Å². The highest BCUT2D eigenvalue weighted by Crippen LogP contribution is 2.48. The number of nitrogens with two attached hydrogens (primary N) is 2. The highest BCUT2D eigenvalue weighted by Gasteiger charge is 2.43. The molecule has 4 N–H and O–H groups in total. The molecule has 24 heavy (non-hydrogen) atoms. The summed E-state index contributed by atoms with van der Waals surface area (Å²) in [5.74, 6) is 0.528. The third-order valence-corrected chi connectivity index (χ3v) is 5.17. The molecule has 0 saturated carbocycles. The van der Waals surface area contributed by atoms with Gasteiger partial charge in [0.1, 0.15) is 10.7 Å². The van der Waals surface area contributed by atoms with Crippen molar-refractivity contribution in [1.29, 1.82) is 0 Å². The van der Waals surface area contributed by atoms with Crippen LogP contribution in [0.1, 0.15) is 38.2 Å². The van der Waals surface area contributed by atoms with E-state index < -0.39 is 0 Å². The van der Waals surface area contributed by atoms with Crippen LogP contribution in [0.25, 0.3) is 0 Å². The summed E-state index contributed by atoms with van der Waals surface area (Å²) in [5.41, 5.74) is 13.9. The predicted molar refractivity (Wildman–Crippen MR) is 101 cm³/mol. The smallest absolute Gasteiger partial charge is 0.197 e. The first-order valence-corrected chi connectivity index (χ1v) is 8.89. The first-order valence-electron chi connectivity index (χ1n) is 7.68. The molecule has 1 aliphatic carbocycles.